The van der Waals surface area contributed by atoms with Gasteiger partial charge < -0.3 is 4.57 Å². The summed E-state index contributed by atoms with van der Waals surface area (Å²) < 4.78 is 25.9. The average Bonchev–Trinajstić information content (AvgIpc) is 3.47. The Hall–Kier alpha value is -2.49. The molecule has 0 unspecified atom stereocenters. The summed E-state index contributed by atoms with van der Waals surface area (Å²) in [4.78, 5) is 23.0. The zero-order valence-electron chi connectivity index (χ0n) is 18.3. The Bertz CT molecular complexity index is 1460. The first-order valence-electron chi connectivity index (χ1n) is 10.7. The molecule has 1 aliphatic rings. The molecule has 4 heterocycles. The lowest BCUT2D eigenvalue weighted by molar-refractivity contribution is 0.102. The third-order valence-corrected chi connectivity index (χ3v) is 9.74. The second-order valence-corrected chi connectivity index (χ2v) is 12.3. The fourth-order valence-electron chi connectivity index (χ4n) is 4.60. The largest absolute Gasteiger partial charge is 0.344 e. The number of ketones is 1. The van der Waals surface area contributed by atoms with Crippen LogP contribution in [0.3, 0.4) is 0 Å². The molecule has 6 nitrogen and oxygen atoms in total. The van der Waals surface area contributed by atoms with Crippen LogP contribution in [0.15, 0.2) is 53.1 Å². The van der Waals surface area contributed by atoms with Crippen LogP contribution in [0.5, 0.6) is 0 Å². The molecule has 1 aromatic carbocycles. The molecule has 1 atom stereocenters. The summed E-state index contributed by atoms with van der Waals surface area (Å²) in [5, 5.41) is 3.86. The van der Waals surface area contributed by atoms with Crippen molar-refractivity contribution in [3.8, 4) is 11.1 Å². The Morgan fingerprint density at radius 3 is 2.73 bits per heavy atom. The lowest BCUT2D eigenvalue weighted by atomic mass is 10.1. The first-order chi connectivity index (χ1) is 15.8. The van der Waals surface area contributed by atoms with Crippen molar-refractivity contribution in [2.45, 2.75) is 31.3 Å². The van der Waals surface area contributed by atoms with E-state index in [0.717, 1.165) is 37.8 Å². The fourth-order valence-corrected chi connectivity index (χ4v) is 8.18. The summed E-state index contributed by atoms with van der Waals surface area (Å²) in [6, 6.07) is 11.9. The van der Waals surface area contributed by atoms with E-state index in [9.17, 15) is 13.2 Å². The van der Waals surface area contributed by atoms with E-state index in [4.69, 9.17) is 0 Å². The van der Waals surface area contributed by atoms with E-state index in [2.05, 4.69) is 27.5 Å². The number of hydrogen-bond acceptors (Lipinski definition) is 7. The number of aromatic nitrogens is 3. The zero-order valence-corrected chi connectivity index (χ0v) is 20.8. The van der Waals surface area contributed by atoms with Crippen LogP contribution in [-0.2, 0) is 9.84 Å². The summed E-state index contributed by atoms with van der Waals surface area (Å²) in [6.45, 7) is 3.85. The van der Waals surface area contributed by atoms with Crippen molar-refractivity contribution >= 4 is 48.9 Å². The maximum absolute atomic E-state index is 13.2. The van der Waals surface area contributed by atoms with E-state index < -0.39 is 9.84 Å². The van der Waals surface area contributed by atoms with Crippen LogP contribution in [0, 0.1) is 13.8 Å². The summed E-state index contributed by atoms with van der Waals surface area (Å²) in [5.41, 5.74) is 4.60. The number of aryl methyl sites for hydroxylation is 1. The standard InChI is InChI=1S/C24H23N3O3S3/c1-15-10-19(16(2)27(15)18-8-9-33(29,30)13-18)21(28)12-32-24-22-20(17-6-4-3-5-7-17)11-31-23(22)25-14-26-24/h3-7,10-11,14,18H,8-9,12-13H2,1-2H3/t18-/m1/s1. The predicted molar refractivity (Wildman–Crippen MR) is 134 cm³/mol. The molecule has 33 heavy (non-hydrogen) atoms. The van der Waals surface area contributed by atoms with Crippen LogP contribution in [-0.4, -0.2) is 46.0 Å². The van der Waals surface area contributed by atoms with Gasteiger partial charge in [0.15, 0.2) is 15.6 Å². The monoisotopic (exact) mass is 497 g/mol. The van der Waals surface area contributed by atoms with E-state index in [-0.39, 0.29) is 29.1 Å². The van der Waals surface area contributed by atoms with Crippen LogP contribution in [0.2, 0.25) is 0 Å². The number of fused-ring (bicyclic) bond motifs is 1. The molecular formula is C24H23N3O3S3. The molecule has 0 radical (unpaired) electrons. The average molecular weight is 498 g/mol. The minimum absolute atomic E-state index is 0.0171. The molecule has 1 saturated heterocycles. The predicted octanol–water partition coefficient (Wildman–Crippen LogP) is 5.11. The minimum atomic E-state index is -3.00. The van der Waals surface area contributed by atoms with E-state index >= 15 is 0 Å². The van der Waals surface area contributed by atoms with Gasteiger partial charge >= 0.3 is 0 Å². The van der Waals surface area contributed by atoms with Crippen LogP contribution < -0.4 is 0 Å². The molecule has 0 spiro atoms. The number of carbonyl (C=O) groups excluding carboxylic acids is 1. The van der Waals surface area contributed by atoms with Crippen LogP contribution >= 0.6 is 23.1 Å². The topological polar surface area (TPSA) is 81.9 Å². The van der Waals surface area contributed by atoms with Gasteiger partial charge in [-0.25, -0.2) is 18.4 Å². The van der Waals surface area contributed by atoms with Gasteiger partial charge in [-0.3, -0.25) is 4.79 Å². The lowest BCUT2D eigenvalue weighted by Gasteiger charge is -2.16. The smallest absolute Gasteiger partial charge is 0.174 e. The highest BCUT2D eigenvalue weighted by molar-refractivity contribution is 8.00. The van der Waals surface area contributed by atoms with Crippen LogP contribution in [0.25, 0.3) is 21.3 Å². The molecule has 1 fully saturated rings. The Morgan fingerprint density at radius 1 is 1.21 bits per heavy atom. The Labute approximate surface area is 201 Å². The number of carbonyl (C=O) groups is 1. The van der Waals surface area contributed by atoms with Crippen molar-refractivity contribution in [1.29, 1.82) is 0 Å². The fraction of sp³-hybridized carbons (Fsp3) is 0.292. The summed E-state index contributed by atoms with van der Waals surface area (Å²) >= 11 is 3.00. The zero-order chi connectivity index (χ0) is 23.2. The Morgan fingerprint density at radius 2 is 2.00 bits per heavy atom. The molecule has 3 aromatic heterocycles. The van der Waals surface area contributed by atoms with Crippen molar-refractivity contribution in [1.82, 2.24) is 14.5 Å². The lowest BCUT2D eigenvalue weighted by Crippen LogP contribution is -2.14. The molecule has 5 rings (SSSR count). The van der Waals surface area contributed by atoms with Gasteiger partial charge in [0.2, 0.25) is 0 Å². The molecule has 0 N–H and O–H groups in total. The summed E-state index contributed by atoms with van der Waals surface area (Å²) in [6.07, 6.45) is 2.15. The van der Waals surface area contributed by atoms with Crippen molar-refractivity contribution in [3.63, 3.8) is 0 Å². The number of hydrogen-bond donors (Lipinski definition) is 0. The first-order valence-corrected chi connectivity index (χ1v) is 14.3. The third-order valence-electron chi connectivity index (χ3n) is 6.12. The first kappa shape index (κ1) is 22.3. The molecule has 170 valence electrons. The maximum Gasteiger partial charge on any atom is 0.174 e. The molecule has 9 heteroatoms. The Kier molecular flexibility index (Phi) is 5.88. The normalized spacial score (nSPS) is 17.6. The van der Waals surface area contributed by atoms with Gasteiger partial charge in [-0.2, -0.15) is 0 Å². The van der Waals surface area contributed by atoms with E-state index in [1.165, 1.54) is 11.8 Å². The number of thiophene rings is 1. The second-order valence-electron chi connectivity index (χ2n) is 8.30. The maximum atomic E-state index is 13.2. The molecule has 0 bridgehead atoms. The van der Waals surface area contributed by atoms with Gasteiger partial charge in [-0.05, 0) is 31.9 Å². The van der Waals surface area contributed by atoms with Crippen LogP contribution in [0.1, 0.15) is 34.2 Å². The van der Waals surface area contributed by atoms with Crippen molar-refractivity contribution in [2.75, 3.05) is 17.3 Å². The minimum Gasteiger partial charge on any atom is -0.344 e. The summed E-state index contributed by atoms with van der Waals surface area (Å²) in [5.74, 6) is 0.625. The van der Waals surface area contributed by atoms with E-state index in [1.54, 1.807) is 17.7 Å². The second kappa shape index (κ2) is 8.70. The van der Waals surface area contributed by atoms with Crippen molar-refractivity contribution < 1.29 is 13.2 Å². The highest BCUT2D eigenvalue weighted by atomic mass is 32.2. The van der Waals surface area contributed by atoms with Crippen molar-refractivity contribution in [2.24, 2.45) is 0 Å². The number of benzene rings is 1. The number of sulfone groups is 1. The molecular weight excluding hydrogens is 474 g/mol. The molecule has 0 aliphatic carbocycles. The highest BCUT2D eigenvalue weighted by Crippen LogP contribution is 2.38. The number of Topliss-reactive ketones (excluding diaryl/α,β-unsaturated/α-hetero) is 1. The van der Waals surface area contributed by atoms with Crippen LogP contribution in [0.4, 0.5) is 0 Å². The van der Waals surface area contributed by atoms with Gasteiger partial charge in [0.05, 0.1) is 22.6 Å². The molecule has 0 saturated carbocycles. The third kappa shape index (κ3) is 4.25. The molecule has 0 amide bonds. The Balaban J connectivity index is 1.40. The van der Waals surface area contributed by atoms with Gasteiger partial charge in [0.25, 0.3) is 0 Å². The highest BCUT2D eigenvalue weighted by Gasteiger charge is 2.31. The van der Waals surface area contributed by atoms with Gasteiger partial charge in [-0.15, -0.1) is 11.3 Å². The molecule has 4 aromatic rings. The van der Waals surface area contributed by atoms with Crippen molar-refractivity contribution in [3.05, 3.63) is 65.1 Å². The van der Waals surface area contributed by atoms with E-state index in [0.29, 0.717) is 12.0 Å². The summed E-state index contributed by atoms with van der Waals surface area (Å²) in [7, 11) is -3.00. The van der Waals surface area contributed by atoms with Gasteiger partial charge in [-0.1, -0.05) is 42.1 Å². The molecule has 1 aliphatic heterocycles. The SMILES string of the molecule is Cc1cc(C(=O)CSc2ncnc3scc(-c4ccccc4)c23)c(C)n1[C@@H]1CCS(=O)(=O)C1. The number of rotatable bonds is 6. The number of nitrogens with zero attached hydrogens (tertiary/aromatic N) is 3. The number of thioether (sulfide) groups is 1. The van der Waals surface area contributed by atoms with Gasteiger partial charge in [0.1, 0.15) is 16.2 Å². The van der Waals surface area contributed by atoms with E-state index in [1.807, 2.05) is 42.7 Å². The van der Waals surface area contributed by atoms with Gasteiger partial charge in [0, 0.05) is 33.9 Å². The quantitative estimate of drug-likeness (QED) is 0.209.